The van der Waals surface area contributed by atoms with Crippen LogP contribution in [0, 0.1) is 0 Å². The number of anilines is 1. The third kappa shape index (κ3) is 2.42. The highest BCUT2D eigenvalue weighted by molar-refractivity contribution is 5.47. The predicted octanol–water partition coefficient (Wildman–Crippen LogP) is 2.26. The normalized spacial score (nSPS) is 16.9. The number of rotatable bonds is 5. The van der Waals surface area contributed by atoms with Gasteiger partial charge in [-0.25, -0.2) is 0 Å². The largest absolute Gasteiger partial charge is 0.364 e. The second-order valence-corrected chi connectivity index (χ2v) is 4.40. The highest BCUT2D eigenvalue weighted by Gasteiger charge is 2.28. The van der Waals surface area contributed by atoms with Gasteiger partial charge in [-0.05, 0) is 31.9 Å². The molecule has 0 spiro atoms. The molecule has 0 aromatic carbocycles. The van der Waals surface area contributed by atoms with Crippen molar-refractivity contribution in [1.82, 2.24) is 4.98 Å². The zero-order chi connectivity index (χ0) is 11.5. The first-order valence-corrected chi connectivity index (χ1v) is 5.81. The third-order valence-electron chi connectivity index (χ3n) is 2.88. The van der Waals surface area contributed by atoms with Crippen LogP contribution in [0.3, 0.4) is 0 Å². The first-order valence-electron chi connectivity index (χ1n) is 5.81. The zero-order valence-corrected chi connectivity index (χ0v) is 9.76. The van der Waals surface area contributed by atoms with Crippen LogP contribution in [0.25, 0.3) is 0 Å². The summed E-state index contributed by atoms with van der Waals surface area (Å²) in [6, 6.07) is 4.80. The molecule has 2 rings (SSSR count). The molecular weight excluding hydrogens is 198 g/mol. The summed E-state index contributed by atoms with van der Waals surface area (Å²) >= 11 is 0. The Kier molecular flexibility index (Phi) is 3.25. The van der Waals surface area contributed by atoms with E-state index in [4.69, 9.17) is 5.73 Å². The number of nitrogens with two attached hydrogens (primary N) is 1. The molecule has 0 bridgehead atoms. The molecule has 0 unspecified atom stereocenters. The molecule has 1 aliphatic rings. The van der Waals surface area contributed by atoms with Crippen molar-refractivity contribution in [2.24, 2.45) is 5.73 Å². The van der Waals surface area contributed by atoms with Gasteiger partial charge in [0.15, 0.2) is 0 Å². The van der Waals surface area contributed by atoms with Gasteiger partial charge < -0.3 is 10.6 Å². The van der Waals surface area contributed by atoms with Crippen molar-refractivity contribution in [1.29, 1.82) is 0 Å². The minimum absolute atomic E-state index is 0.00262. The van der Waals surface area contributed by atoms with Crippen LogP contribution in [0.5, 0.6) is 0 Å². The Morgan fingerprint density at radius 2 is 2.38 bits per heavy atom. The Morgan fingerprint density at radius 1 is 1.62 bits per heavy atom. The molecule has 0 saturated heterocycles. The molecule has 1 aliphatic carbocycles. The van der Waals surface area contributed by atoms with Gasteiger partial charge in [-0.3, -0.25) is 4.98 Å². The molecule has 1 saturated carbocycles. The molecule has 0 amide bonds. The van der Waals surface area contributed by atoms with E-state index >= 15 is 0 Å². The summed E-state index contributed by atoms with van der Waals surface area (Å²) in [7, 11) is 0. The van der Waals surface area contributed by atoms with Crippen molar-refractivity contribution in [2.45, 2.75) is 31.8 Å². The molecule has 86 valence electrons. The van der Waals surface area contributed by atoms with Gasteiger partial charge in [-0.15, -0.1) is 6.58 Å². The molecule has 1 fully saturated rings. The van der Waals surface area contributed by atoms with E-state index in [0.29, 0.717) is 6.04 Å². The molecule has 1 atom stereocenters. The zero-order valence-electron chi connectivity index (χ0n) is 9.76. The van der Waals surface area contributed by atoms with Gasteiger partial charge in [0, 0.05) is 18.6 Å². The Balaban J connectivity index is 2.14. The van der Waals surface area contributed by atoms with E-state index in [9.17, 15) is 0 Å². The second-order valence-electron chi connectivity index (χ2n) is 4.40. The maximum atomic E-state index is 5.78. The van der Waals surface area contributed by atoms with Gasteiger partial charge in [0.05, 0.1) is 17.6 Å². The summed E-state index contributed by atoms with van der Waals surface area (Å²) in [5, 5.41) is 0. The Labute approximate surface area is 97.0 Å². The highest BCUT2D eigenvalue weighted by atomic mass is 15.2. The smallest absolute Gasteiger partial charge is 0.0569 e. The Bertz CT molecular complexity index is 352. The topological polar surface area (TPSA) is 42.1 Å². The van der Waals surface area contributed by atoms with Gasteiger partial charge in [-0.2, -0.15) is 0 Å². The molecule has 1 heterocycles. The van der Waals surface area contributed by atoms with Crippen molar-refractivity contribution in [2.75, 3.05) is 11.4 Å². The van der Waals surface area contributed by atoms with Crippen molar-refractivity contribution in [3.8, 4) is 0 Å². The maximum absolute atomic E-state index is 5.78. The highest BCUT2D eigenvalue weighted by Crippen LogP contribution is 2.31. The SMILES string of the molecule is C=CCN(c1ccc([C@H](C)N)nc1)C1CC1. The fraction of sp³-hybridized carbons (Fsp3) is 0.462. The molecular formula is C13H19N3. The van der Waals surface area contributed by atoms with Gasteiger partial charge in [0.25, 0.3) is 0 Å². The Hall–Kier alpha value is -1.35. The standard InChI is InChI=1S/C13H19N3/c1-3-8-16(11-4-5-11)12-6-7-13(10(2)14)15-9-12/h3,6-7,9-11H,1,4-5,8,14H2,2H3/t10-/m0/s1. The van der Waals surface area contributed by atoms with Crippen LogP contribution in [-0.4, -0.2) is 17.6 Å². The lowest BCUT2D eigenvalue weighted by Crippen LogP contribution is -2.25. The first kappa shape index (κ1) is 11.1. The van der Waals surface area contributed by atoms with Gasteiger partial charge in [-0.1, -0.05) is 6.08 Å². The lowest BCUT2D eigenvalue weighted by atomic mass is 10.2. The summed E-state index contributed by atoms with van der Waals surface area (Å²) in [6.45, 7) is 6.64. The average molecular weight is 217 g/mol. The number of nitrogens with zero attached hydrogens (tertiary/aromatic N) is 2. The van der Waals surface area contributed by atoms with Crippen molar-refractivity contribution >= 4 is 5.69 Å². The summed E-state index contributed by atoms with van der Waals surface area (Å²) in [6.07, 6.45) is 6.42. The minimum atomic E-state index is 0.00262. The molecule has 1 aromatic rings. The van der Waals surface area contributed by atoms with Gasteiger partial charge in [0.1, 0.15) is 0 Å². The summed E-state index contributed by atoms with van der Waals surface area (Å²) in [5.74, 6) is 0. The van der Waals surface area contributed by atoms with Gasteiger partial charge in [0.2, 0.25) is 0 Å². The van der Waals surface area contributed by atoms with Gasteiger partial charge >= 0.3 is 0 Å². The van der Waals surface area contributed by atoms with Crippen LogP contribution in [0.1, 0.15) is 31.5 Å². The quantitative estimate of drug-likeness (QED) is 0.769. The second kappa shape index (κ2) is 4.66. The lowest BCUT2D eigenvalue weighted by molar-refractivity contribution is 0.776. The first-order chi connectivity index (χ1) is 7.72. The monoisotopic (exact) mass is 217 g/mol. The van der Waals surface area contributed by atoms with E-state index in [1.54, 1.807) is 0 Å². The predicted molar refractivity (Wildman–Crippen MR) is 67.4 cm³/mol. The van der Waals surface area contributed by atoms with E-state index < -0.39 is 0 Å². The number of hydrogen-bond acceptors (Lipinski definition) is 3. The van der Waals surface area contributed by atoms with E-state index in [1.807, 2.05) is 25.3 Å². The number of hydrogen-bond donors (Lipinski definition) is 1. The lowest BCUT2D eigenvalue weighted by Gasteiger charge is -2.22. The fourth-order valence-electron chi connectivity index (χ4n) is 1.83. The average Bonchev–Trinajstić information content (AvgIpc) is 3.10. The van der Waals surface area contributed by atoms with Crippen LogP contribution < -0.4 is 10.6 Å². The minimum Gasteiger partial charge on any atom is -0.364 e. The van der Waals surface area contributed by atoms with Crippen LogP contribution in [0.2, 0.25) is 0 Å². The number of aromatic nitrogens is 1. The van der Waals surface area contributed by atoms with Crippen LogP contribution in [0.4, 0.5) is 5.69 Å². The van der Waals surface area contributed by atoms with Crippen molar-refractivity contribution in [3.63, 3.8) is 0 Å². The fourth-order valence-corrected chi connectivity index (χ4v) is 1.83. The summed E-state index contributed by atoms with van der Waals surface area (Å²) in [5.41, 5.74) is 7.89. The molecule has 0 radical (unpaired) electrons. The van der Waals surface area contributed by atoms with Crippen LogP contribution >= 0.6 is 0 Å². The molecule has 2 N–H and O–H groups in total. The van der Waals surface area contributed by atoms with Crippen LogP contribution in [-0.2, 0) is 0 Å². The summed E-state index contributed by atoms with van der Waals surface area (Å²) in [4.78, 5) is 6.74. The van der Waals surface area contributed by atoms with E-state index in [-0.39, 0.29) is 6.04 Å². The van der Waals surface area contributed by atoms with Crippen molar-refractivity contribution in [3.05, 3.63) is 36.7 Å². The van der Waals surface area contributed by atoms with Crippen LogP contribution in [0.15, 0.2) is 31.0 Å². The maximum Gasteiger partial charge on any atom is 0.0569 e. The summed E-state index contributed by atoms with van der Waals surface area (Å²) < 4.78 is 0. The molecule has 1 aromatic heterocycles. The van der Waals surface area contributed by atoms with Crippen molar-refractivity contribution < 1.29 is 0 Å². The third-order valence-corrected chi connectivity index (χ3v) is 2.88. The molecule has 3 nitrogen and oxygen atoms in total. The molecule has 16 heavy (non-hydrogen) atoms. The number of pyridine rings is 1. The van der Waals surface area contributed by atoms with E-state index in [0.717, 1.165) is 12.2 Å². The van der Waals surface area contributed by atoms with E-state index in [2.05, 4.69) is 22.5 Å². The molecule has 0 aliphatic heterocycles. The molecule has 3 heteroatoms. The van der Waals surface area contributed by atoms with E-state index in [1.165, 1.54) is 18.5 Å². The Morgan fingerprint density at radius 3 is 2.81 bits per heavy atom.